The molecule has 0 atom stereocenters. The van der Waals surface area contributed by atoms with E-state index in [-0.39, 0.29) is 5.41 Å². The van der Waals surface area contributed by atoms with Gasteiger partial charge in [-0.05, 0) is 91.4 Å². The molecule has 0 saturated heterocycles. The zero-order chi connectivity index (χ0) is 33.7. The standard InChI is InChI=1S/C49H37N/c1-49(2)45-22-11-9-18-40(45)42-20-13-21-44-47(33-32-43(48(42)44)41-19-10-12-23-46(41)49)50(38-28-24-36(25-29-38)34-14-5-3-6-15-34)39-30-26-37(27-31-39)35-16-7-4-8-17-35/h3-33H,1-2H3. The normalized spacial score (nSPS) is 12.8. The second-order valence-electron chi connectivity index (χ2n) is 13.7. The Hall–Kier alpha value is -6.18. The Kier molecular flexibility index (Phi) is 7.21. The number of nitrogens with zero attached hydrogens (tertiary/aromatic N) is 1. The molecule has 50 heavy (non-hydrogen) atoms. The fourth-order valence-corrected chi connectivity index (χ4v) is 8.00. The average molecular weight is 640 g/mol. The van der Waals surface area contributed by atoms with Crippen molar-refractivity contribution in [1.82, 2.24) is 0 Å². The molecule has 9 rings (SSSR count). The number of hydrogen-bond acceptors (Lipinski definition) is 1. The molecule has 0 saturated carbocycles. The highest BCUT2D eigenvalue weighted by atomic mass is 15.1. The maximum Gasteiger partial charge on any atom is 0.0540 e. The summed E-state index contributed by atoms with van der Waals surface area (Å²) in [6, 6.07) is 68.7. The maximum absolute atomic E-state index is 2.42. The fraction of sp³-hybridized carbons (Fsp3) is 0.0612. The maximum atomic E-state index is 2.42. The Labute approximate surface area is 294 Å². The molecule has 238 valence electrons. The van der Waals surface area contributed by atoms with Crippen molar-refractivity contribution in [2.24, 2.45) is 0 Å². The van der Waals surface area contributed by atoms with Crippen molar-refractivity contribution in [2.75, 3.05) is 4.90 Å². The first-order chi connectivity index (χ1) is 24.6. The van der Waals surface area contributed by atoms with E-state index in [1.165, 1.54) is 66.4 Å². The van der Waals surface area contributed by atoms with Crippen LogP contribution in [0.5, 0.6) is 0 Å². The van der Waals surface area contributed by atoms with Crippen LogP contribution < -0.4 is 4.90 Å². The van der Waals surface area contributed by atoms with Gasteiger partial charge in [0.05, 0.1) is 5.69 Å². The SMILES string of the molecule is CC1(C)c2ccccc2-c2cccc3c(N(c4ccc(-c5ccccc5)cc4)c4ccc(-c5ccccc5)cc4)ccc(c23)-c2ccccc21. The average Bonchev–Trinajstić information content (AvgIpc) is 3.19. The number of anilines is 3. The van der Waals surface area contributed by atoms with Crippen LogP contribution in [-0.4, -0.2) is 0 Å². The Bertz CT molecular complexity index is 2340. The van der Waals surface area contributed by atoms with E-state index in [1.54, 1.807) is 0 Å². The smallest absolute Gasteiger partial charge is 0.0540 e. The molecule has 8 aromatic rings. The fourth-order valence-electron chi connectivity index (χ4n) is 8.00. The minimum absolute atomic E-state index is 0.168. The summed E-state index contributed by atoms with van der Waals surface area (Å²) in [6.07, 6.45) is 0. The minimum atomic E-state index is -0.168. The van der Waals surface area contributed by atoms with Gasteiger partial charge in [-0.25, -0.2) is 0 Å². The quantitative estimate of drug-likeness (QED) is 0.181. The summed E-state index contributed by atoms with van der Waals surface area (Å²) < 4.78 is 0. The molecule has 1 heteroatoms. The van der Waals surface area contributed by atoms with Crippen LogP contribution >= 0.6 is 0 Å². The van der Waals surface area contributed by atoms with E-state index in [0.29, 0.717) is 0 Å². The second-order valence-corrected chi connectivity index (χ2v) is 13.7. The minimum Gasteiger partial charge on any atom is -0.310 e. The van der Waals surface area contributed by atoms with Crippen molar-refractivity contribution in [3.05, 3.63) is 199 Å². The predicted octanol–water partition coefficient (Wildman–Crippen LogP) is 13.6. The van der Waals surface area contributed by atoms with Gasteiger partial charge in [-0.15, -0.1) is 0 Å². The highest BCUT2D eigenvalue weighted by Gasteiger charge is 2.32. The Morgan fingerprint density at radius 3 is 1.28 bits per heavy atom. The molecule has 0 N–H and O–H groups in total. The van der Waals surface area contributed by atoms with E-state index in [4.69, 9.17) is 0 Å². The van der Waals surface area contributed by atoms with Gasteiger partial charge in [0.25, 0.3) is 0 Å². The van der Waals surface area contributed by atoms with Crippen LogP contribution in [0, 0.1) is 0 Å². The third-order valence-electron chi connectivity index (χ3n) is 10.5. The van der Waals surface area contributed by atoms with Gasteiger partial charge < -0.3 is 4.90 Å². The largest absolute Gasteiger partial charge is 0.310 e. The van der Waals surface area contributed by atoms with Gasteiger partial charge in [0.1, 0.15) is 0 Å². The van der Waals surface area contributed by atoms with Gasteiger partial charge in [0.15, 0.2) is 0 Å². The van der Waals surface area contributed by atoms with Crippen LogP contribution in [0.25, 0.3) is 55.3 Å². The summed E-state index contributed by atoms with van der Waals surface area (Å²) in [5, 5.41) is 2.51. The number of rotatable bonds is 5. The molecule has 0 aliphatic heterocycles. The summed E-state index contributed by atoms with van der Waals surface area (Å²) in [5.74, 6) is 0. The first kappa shape index (κ1) is 29.9. The van der Waals surface area contributed by atoms with Gasteiger partial charge in [0, 0.05) is 22.2 Å². The lowest BCUT2D eigenvalue weighted by Crippen LogP contribution is -2.22. The van der Waals surface area contributed by atoms with E-state index < -0.39 is 0 Å². The molecule has 0 aromatic heterocycles. The monoisotopic (exact) mass is 639 g/mol. The molecule has 8 aromatic carbocycles. The third-order valence-corrected chi connectivity index (χ3v) is 10.5. The lowest BCUT2D eigenvalue weighted by molar-refractivity contribution is 0.644. The van der Waals surface area contributed by atoms with E-state index in [2.05, 4.69) is 207 Å². The highest BCUT2D eigenvalue weighted by Crippen LogP contribution is 2.51. The molecule has 0 spiro atoms. The molecule has 0 amide bonds. The summed E-state index contributed by atoms with van der Waals surface area (Å²) in [6.45, 7) is 4.73. The zero-order valence-corrected chi connectivity index (χ0v) is 28.3. The van der Waals surface area contributed by atoms with E-state index >= 15 is 0 Å². The molecule has 0 fully saturated rings. The van der Waals surface area contributed by atoms with Crippen LogP contribution in [0.4, 0.5) is 17.1 Å². The molecule has 1 nitrogen and oxygen atoms in total. The zero-order valence-electron chi connectivity index (χ0n) is 28.3. The van der Waals surface area contributed by atoms with Gasteiger partial charge >= 0.3 is 0 Å². The van der Waals surface area contributed by atoms with Crippen LogP contribution in [0.1, 0.15) is 25.0 Å². The van der Waals surface area contributed by atoms with Crippen molar-refractivity contribution in [1.29, 1.82) is 0 Å². The lowest BCUT2D eigenvalue weighted by atomic mass is 9.70. The van der Waals surface area contributed by atoms with Crippen LogP contribution in [0.2, 0.25) is 0 Å². The highest BCUT2D eigenvalue weighted by molar-refractivity contribution is 6.14. The van der Waals surface area contributed by atoms with Gasteiger partial charge in [-0.2, -0.15) is 0 Å². The number of benzene rings is 8. The molecule has 0 radical (unpaired) electrons. The summed E-state index contributed by atoms with van der Waals surface area (Å²) in [7, 11) is 0. The Morgan fingerprint density at radius 1 is 0.340 bits per heavy atom. The Balaban J connectivity index is 1.29. The van der Waals surface area contributed by atoms with Crippen LogP contribution in [-0.2, 0) is 5.41 Å². The van der Waals surface area contributed by atoms with Crippen molar-refractivity contribution in [2.45, 2.75) is 19.3 Å². The first-order valence-electron chi connectivity index (χ1n) is 17.4. The van der Waals surface area contributed by atoms with Crippen LogP contribution in [0.3, 0.4) is 0 Å². The van der Waals surface area contributed by atoms with Gasteiger partial charge in [-0.1, -0.05) is 172 Å². The molecule has 0 heterocycles. The first-order valence-corrected chi connectivity index (χ1v) is 17.4. The molecule has 0 bridgehead atoms. The molecule has 1 aliphatic rings. The van der Waals surface area contributed by atoms with Crippen molar-refractivity contribution in [3.8, 4) is 44.5 Å². The topological polar surface area (TPSA) is 3.24 Å². The van der Waals surface area contributed by atoms with E-state index in [9.17, 15) is 0 Å². The van der Waals surface area contributed by atoms with Crippen molar-refractivity contribution >= 4 is 27.8 Å². The number of hydrogen-bond donors (Lipinski definition) is 0. The summed E-state index contributed by atoms with van der Waals surface area (Å²) in [5.41, 5.74) is 15.9. The van der Waals surface area contributed by atoms with Crippen molar-refractivity contribution < 1.29 is 0 Å². The third kappa shape index (κ3) is 4.94. The predicted molar refractivity (Wildman–Crippen MR) is 213 cm³/mol. The van der Waals surface area contributed by atoms with Crippen LogP contribution in [0.15, 0.2) is 188 Å². The summed E-state index contributed by atoms with van der Waals surface area (Å²) in [4.78, 5) is 2.42. The molecule has 1 aliphatic carbocycles. The van der Waals surface area contributed by atoms with Gasteiger partial charge in [0.2, 0.25) is 0 Å². The number of fused-ring (bicyclic) bond motifs is 4. The lowest BCUT2D eigenvalue weighted by Gasteiger charge is -2.34. The molecular formula is C49H37N. The molecular weight excluding hydrogens is 603 g/mol. The van der Waals surface area contributed by atoms with E-state index in [1.807, 2.05) is 0 Å². The van der Waals surface area contributed by atoms with E-state index in [0.717, 1.165) is 17.1 Å². The van der Waals surface area contributed by atoms with Crippen molar-refractivity contribution in [3.63, 3.8) is 0 Å². The molecule has 0 unspecified atom stereocenters. The summed E-state index contributed by atoms with van der Waals surface area (Å²) >= 11 is 0. The second kappa shape index (κ2) is 12.1. The van der Waals surface area contributed by atoms with Gasteiger partial charge in [-0.3, -0.25) is 0 Å². The Morgan fingerprint density at radius 2 is 0.760 bits per heavy atom.